The van der Waals surface area contributed by atoms with Crippen molar-refractivity contribution in [2.45, 2.75) is 27.2 Å². The van der Waals surface area contributed by atoms with Crippen molar-refractivity contribution in [3.63, 3.8) is 0 Å². The lowest BCUT2D eigenvalue weighted by molar-refractivity contribution is 0.828. The number of hydrogen-bond donors (Lipinski definition) is 1. The topological polar surface area (TPSA) is 23.9 Å². The van der Waals surface area contributed by atoms with Crippen LogP contribution >= 0.6 is 0 Å². The summed E-state index contributed by atoms with van der Waals surface area (Å²) in [7, 11) is 0. The number of allylic oxidation sites excluding steroid dienone is 4. The SMILES string of the molecule is CCC(C=N)/C=C\C=C(C)C. The van der Waals surface area contributed by atoms with E-state index in [-0.39, 0.29) is 0 Å². The van der Waals surface area contributed by atoms with Crippen LogP contribution in [0.1, 0.15) is 27.2 Å². The zero-order chi connectivity index (χ0) is 8.69. The largest absolute Gasteiger partial charge is 0.312 e. The minimum absolute atomic E-state index is 0.311. The molecular formula is C10H17N. The van der Waals surface area contributed by atoms with Crippen LogP contribution < -0.4 is 0 Å². The van der Waals surface area contributed by atoms with Gasteiger partial charge in [0.15, 0.2) is 0 Å². The highest BCUT2D eigenvalue weighted by atomic mass is 14.3. The first-order chi connectivity index (χ1) is 5.20. The Hall–Kier alpha value is -0.850. The van der Waals surface area contributed by atoms with Gasteiger partial charge in [-0.15, -0.1) is 0 Å². The van der Waals surface area contributed by atoms with Crippen molar-refractivity contribution in [2.24, 2.45) is 5.92 Å². The van der Waals surface area contributed by atoms with E-state index in [9.17, 15) is 0 Å². The molecule has 0 amide bonds. The van der Waals surface area contributed by atoms with Crippen LogP contribution in [0.5, 0.6) is 0 Å². The van der Waals surface area contributed by atoms with Gasteiger partial charge in [0.2, 0.25) is 0 Å². The summed E-state index contributed by atoms with van der Waals surface area (Å²) in [5.41, 5.74) is 1.29. The first-order valence-corrected chi connectivity index (χ1v) is 4.03. The fourth-order valence-electron chi connectivity index (χ4n) is 0.700. The fraction of sp³-hybridized carbons (Fsp3) is 0.500. The maximum absolute atomic E-state index is 7.05. The lowest BCUT2D eigenvalue weighted by Gasteiger charge is -1.97. The van der Waals surface area contributed by atoms with Gasteiger partial charge < -0.3 is 5.41 Å². The molecule has 0 aromatic heterocycles. The molecular weight excluding hydrogens is 134 g/mol. The molecule has 1 heteroatoms. The van der Waals surface area contributed by atoms with Crippen LogP contribution in [0.2, 0.25) is 0 Å². The average Bonchev–Trinajstić information content (AvgIpc) is 1.98. The summed E-state index contributed by atoms with van der Waals surface area (Å²) in [5, 5.41) is 7.05. The van der Waals surface area contributed by atoms with Crippen molar-refractivity contribution in [3.05, 3.63) is 23.8 Å². The molecule has 0 aromatic carbocycles. The van der Waals surface area contributed by atoms with E-state index in [0.717, 1.165) is 6.42 Å². The molecule has 0 rings (SSSR count). The van der Waals surface area contributed by atoms with Crippen LogP contribution in [0.3, 0.4) is 0 Å². The van der Waals surface area contributed by atoms with E-state index < -0.39 is 0 Å². The number of nitrogens with one attached hydrogen (secondary N) is 1. The molecule has 0 bridgehead atoms. The second-order valence-electron chi connectivity index (χ2n) is 2.87. The van der Waals surface area contributed by atoms with Crippen molar-refractivity contribution >= 4 is 6.21 Å². The molecule has 1 N–H and O–H groups in total. The van der Waals surface area contributed by atoms with Crippen LogP contribution in [0, 0.1) is 11.3 Å². The monoisotopic (exact) mass is 151 g/mol. The molecule has 1 atom stereocenters. The van der Waals surface area contributed by atoms with Crippen molar-refractivity contribution in [3.8, 4) is 0 Å². The third kappa shape index (κ3) is 5.59. The fourth-order valence-corrected chi connectivity index (χ4v) is 0.700. The minimum Gasteiger partial charge on any atom is -0.312 e. The Morgan fingerprint density at radius 2 is 2.09 bits per heavy atom. The van der Waals surface area contributed by atoms with E-state index in [4.69, 9.17) is 5.41 Å². The zero-order valence-corrected chi connectivity index (χ0v) is 7.59. The number of rotatable bonds is 4. The predicted octanol–water partition coefficient (Wildman–Crippen LogP) is 3.18. The van der Waals surface area contributed by atoms with Gasteiger partial charge in [-0.05, 0) is 20.3 Å². The summed E-state index contributed by atoms with van der Waals surface area (Å²) in [5.74, 6) is 0.311. The molecule has 0 saturated heterocycles. The molecule has 1 nitrogen and oxygen atoms in total. The van der Waals surface area contributed by atoms with Gasteiger partial charge in [-0.1, -0.05) is 30.7 Å². The van der Waals surface area contributed by atoms with Crippen LogP contribution in [0.15, 0.2) is 23.8 Å². The van der Waals surface area contributed by atoms with E-state index in [2.05, 4.69) is 32.9 Å². The molecule has 0 aliphatic heterocycles. The molecule has 1 unspecified atom stereocenters. The Bertz CT molecular complexity index is 162. The van der Waals surface area contributed by atoms with Crippen LogP contribution in [0.25, 0.3) is 0 Å². The van der Waals surface area contributed by atoms with Crippen LogP contribution in [0.4, 0.5) is 0 Å². The molecule has 0 fully saturated rings. The van der Waals surface area contributed by atoms with Crippen molar-refractivity contribution in [1.29, 1.82) is 5.41 Å². The van der Waals surface area contributed by atoms with Crippen molar-refractivity contribution < 1.29 is 0 Å². The summed E-state index contributed by atoms with van der Waals surface area (Å²) < 4.78 is 0. The van der Waals surface area contributed by atoms with E-state index >= 15 is 0 Å². The van der Waals surface area contributed by atoms with Gasteiger partial charge >= 0.3 is 0 Å². The Morgan fingerprint density at radius 3 is 2.45 bits per heavy atom. The van der Waals surface area contributed by atoms with Crippen LogP contribution in [-0.4, -0.2) is 6.21 Å². The van der Waals surface area contributed by atoms with E-state index in [1.807, 2.05) is 6.08 Å². The molecule has 0 radical (unpaired) electrons. The average molecular weight is 151 g/mol. The molecule has 0 aliphatic rings. The number of hydrogen-bond acceptors (Lipinski definition) is 1. The van der Waals surface area contributed by atoms with Crippen molar-refractivity contribution in [2.75, 3.05) is 0 Å². The molecule has 0 spiro atoms. The van der Waals surface area contributed by atoms with Gasteiger partial charge in [-0.2, -0.15) is 0 Å². The van der Waals surface area contributed by atoms with Gasteiger partial charge in [-0.25, -0.2) is 0 Å². The first-order valence-electron chi connectivity index (χ1n) is 4.03. The summed E-state index contributed by atoms with van der Waals surface area (Å²) in [4.78, 5) is 0. The Balaban J connectivity index is 3.89. The van der Waals surface area contributed by atoms with Gasteiger partial charge in [0.1, 0.15) is 0 Å². The zero-order valence-electron chi connectivity index (χ0n) is 7.59. The normalized spacial score (nSPS) is 13.0. The Labute approximate surface area is 69.3 Å². The van der Waals surface area contributed by atoms with Crippen molar-refractivity contribution in [1.82, 2.24) is 0 Å². The molecule has 0 aliphatic carbocycles. The smallest absolute Gasteiger partial charge is 0.0115 e. The summed E-state index contributed by atoms with van der Waals surface area (Å²) >= 11 is 0. The third-order valence-corrected chi connectivity index (χ3v) is 1.47. The van der Waals surface area contributed by atoms with Crippen LogP contribution in [-0.2, 0) is 0 Å². The van der Waals surface area contributed by atoms with Gasteiger partial charge in [0.05, 0.1) is 0 Å². The quantitative estimate of drug-likeness (QED) is 0.471. The standard InChI is InChI=1S/C10H17N/c1-4-10(8-11)7-5-6-9(2)3/h5-8,10-11H,4H2,1-3H3/b7-5-,11-8?. The second kappa shape index (κ2) is 5.90. The molecule has 62 valence electrons. The molecule has 0 heterocycles. The van der Waals surface area contributed by atoms with Gasteiger partial charge in [0.25, 0.3) is 0 Å². The molecule has 0 aromatic rings. The predicted molar refractivity (Wildman–Crippen MR) is 51.1 cm³/mol. The highest BCUT2D eigenvalue weighted by Crippen LogP contribution is 2.00. The lowest BCUT2D eigenvalue weighted by atomic mass is 10.1. The Morgan fingerprint density at radius 1 is 1.45 bits per heavy atom. The third-order valence-electron chi connectivity index (χ3n) is 1.47. The highest BCUT2D eigenvalue weighted by Gasteiger charge is 1.92. The van der Waals surface area contributed by atoms with Gasteiger partial charge in [0, 0.05) is 12.1 Å². The summed E-state index contributed by atoms with van der Waals surface area (Å²) in [6.45, 7) is 6.22. The minimum atomic E-state index is 0.311. The molecule has 11 heavy (non-hydrogen) atoms. The van der Waals surface area contributed by atoms with E-state index in [1.165, 1.54) is 11.8 Å². The van der Waals surface area contributed by atoms with E-state index in [1.54, 1.807) is 0 Å². The van der Waals surface area contributed by atoms with E-state index in [0.29, 0.717) is 5.92 Å². The summed E-state index contributed by atoms with van der Waals surface area (Å²) in [6.07, 6.45) is 8.63. The van der Waals surface area contributed by atoms with Gasteiger partial charge in [-0.3, -0.25) is 0 Å². The first kappa shape index (κ1) is 10.2. The Kier molecular flexibility index (Phi) is 5.44. The lowest BCUT2D eigenvalue weighted by Crippen LogP contribution is -1.92. The summed E-state index contributed by atoms with van der Waals surface area (Å²) in [6, 6.07) is 0. The maximum Gasteiger partial charge on any atom is 0.0115 e. The molecule has 0 saturated carbocycles. The second-order valence-corrected chi connectivity index (χ2v) is 2.87. The maximum atomic E-state index is 7.05. The highest BCUT2D eigenvalue weighted by molar-refractivity contribution is 5.59.